The number of rotatable bonds is 7. The molecule has 0 bridgehead atoms. The summed E-state index contributed by atoms with van der Waals surface area (Å²) < 4.78 is 30.5. The van der Waals surface area contributed by atoms with Crippen molar-refractivity contribution in [2.24, 2.45) is 0 Å². The minimum atomic E-state index is -1.10. The van der Waals surface area contributed by atoms with Gasteiger partial charge >= 0.3 is 5.97 Å². The summed E-state index contributed by atoms with van der Waals surface area (Å²) in [4.78, 5) is 35.5. The average Bonchev–Trinajstić information content (AvgIpc) is 3.13. The second kappa shape index (κ2) is 9.42. The van der Waals surface area contributed by atoms with Gasteiger partial charge in [0.1, 0.15) is 0 Å². The number of amides is 2. The quantitative estimate of drug-likeness (QED) is 0.570. The number of carbonyl (C=O) groups excluding carboxylic acids is 3. The zero-order valence-corrected chi connectivity index (χ0v) is 14.1. The van der Waals surface area contributed by atoms with Crippen molar-refractivity contribution in [3.05, 3.63) is 58.3 Å². The number of benzene rings is 1. The molecule has 9 heteroatoms. The van der Waals surface area contributed by atoms with Gasteiger partial charge < -0.3 is 15.4 Å². The zero-order chi connectivity index (χ0) is 18.9. The molecule has 6 nitrogen and oxygen atoms in total. The molecule has 136 valence electrons. The summed E-state index contributed by atoms with van der Waals surface area (Å²) in [6, 6.07) is 6.50. The number of hydrogen-bond acceptors (Lipinski definition) is 5. The molecule has 2 N–H and O–H groups in total. The largest absolute Gasteiger partial charge is 0.452 e. The molecule has 0 unspecified atom stereocenters. The molecule has 0 aliphatic rings. The van der Waals surface area contributed by atoms with Gasteiger partial charge in [-0.25, -0.2) is 13.6 Å². The Balaban J connectivity index is 1.68. The van der Waals surface area contributed by atoms with Crippen molar-refractivity contribution in [1.29, 1.82) is 0 Å². The van der Waals surface area contributed by atoms with Crippen molar-refractivity contribution in [1.82, 2.24) is 5.32 Å². The van der Waals surface area contributed by atoms with Gasteiger partial charge in [-0.2, -0.15) is 0 Å². The van der Waals surface area contributed by atoms with E-state index in [-0.39, 0.29) is 5.69 Å². The van der Waals surface area contributed by atoms with E-state index >= 15 is 0 Å². The second-order valence-corrected chi connectivity index (χ2v) is 5.89. The highest BCUT2D eigenvalue weighted by atomic mass is 32.1. The van der Waals surface area contributed by atoms with Crippen LogP contribution in [0.3, 0.4) is 0 Å². The fourth-order valence-electron chi connectivity index (χ4n) is 1.73. The Morgan fingerprint density at radius 1 is 1.12 bits per heavy atom. The van der Waals surface area contributed by atoms with Crippen LogP contribution in [0.4, 0.5) is 14.5 Å². The fourth-order valence-corrected chi connectivity index (χ4v) is 2.35. The second-order valence-electron chi connectivity index (χ2n) is 4.91. The van der Waals surface area contributed by atoms with Crippen molar-refractivity contribution in [2.75, 3.05) is 18.5 Å². The molecule has 0 spiro atoms. The molecule has 0 saturated heterocycles. The van der Waals surface area contributed by atoms with Crippen LogP contribution in [0.25, 0.3) is 6.08 Å². The Morgan fingerprint density at radius 3 is 2.62 bits per heavy atom. The third-order valence-electron chi connectivity index (χ3n) is 2.92. The third kappa shape index (κ3) is 6.44. The van der Waals surface area contributed by atoms with Gasteiger partial charge in [0.25, 0.3) is 5.91 Å². The maximum Gasteiger partial charge on any atom is 0.331 e. The molecular weight excluding hydrogens is 366 g/mol. The highest BCUT2D eigenvalue weighted by molar-refractivity contribution is 7.10. The first-order chi connectivity index (χ1) is 12.4. The predicted molar refractivity (Wildman–Crippen MR) is 92.3 cm³/mol. The van der Waals surface area contributed by atoms with Crippen LogP contribution in [0.1, 0.15) is 4.88 Å². The molecule has 0 aliphatic heterocycles. The summed E-state index contributed by atoms with van der Waals surface area (Å²) in [5, 5.41) is 6.37. The summed E-state index contributed by atoms with van der Waals surface area (Å²) in [5.74, 6) is -4.16. The number of thiophene rings is 1. The summed E-state index contributed by atoms with van der Waals surface area (Å²) >= 11 is 1.44. The number of anilines is 1. The van der Waals surface area contributed by atoms with E-state index in [1.807, 2.05) is 17.5 Å². The summed E-state index contributed by atoms with van der Waals surface area (Å²) in [6.45, 7) is -0.966. The molecule has 0 saturated carbocycles. The molecule has 0 atom stereocenters. The minimum absolute atomic E-state index is 0.0493. The van der Waals surface area contributed by atoms with Crippen LogP contribution < -0.4 is 10.6 Å². The maximum absolute atomic E-state index is 13.0. The molecule has 1 aromatic carbocycles. The van der Waals surface area contributed by atoms with Crippen LogP contribution in [0.15, 0.2) is 41.8 Å². The third-order valence-corrected chi connectivity index (χ3v) is 3.76. The van der Waals surface area contributed by atoms with E-state index in [2.05, 4.69) is 10.6 Å². The zero-order valence-electron chi connectivity index (χ0n) is 13.3. The van der Waals surface area contributed by atoms with Crippen molar-refractivity contribution in [2.45, 2.75) is 0 Å². The van der Waals surface area contributed by atoms with E-state index in [1.54, 1.807) is 6.08 Å². The monoisotopic (exact) mass is 380 g/mol. The Morgan fingerprint density at radius 2 is 1.92 bits per heavy atom. The molecule has 0 aliphatic carbocycles. The van der Waals surface area contributed by atoms with Crippen LogP contribution >= 0.6 is 11.3 Å². The number of hydrogen-bond donors (Lipinski definition) is 2. The van der Waals surface area contributed by atoms with Crippen molar-refractivity contribution in [3.8, 4) is 0 Å². The van der Waals surface area contributed by atoms with E-state index in [9.17, 15) is 23.2 Å². The topological polar surface area (TPSA) is 84.5 Å². The molecule has 2 amide bonds. The molecule has 2 rings (SSSR count). The van der Waals surface area contributed by atoms with Crippen molar-refractivity contribution in [3.63, 3.8) is 0 Å². The molecule has 2 aromatic rings. The van der Waals surface area contributed by atoms with Gasteiger partial charge in [-0.05, 0) is 29.7 Å². The average molecular weight is 380 g/mol. The number of halogens is 2. The molecule has 0 radical (unpaired) electrons. The van der Waals surface area contributed by atoms with Gasteiger partial charge in [0.15, 0.2) is 18.2 Å². The molecule has 1 heterocycles. The SMILES string of the molecule is O=C(COC(=O)/C=C/c1cccs1)NCC(=O)Nc1ccc(F)c(F)c1. The van der Waals surface area contributed by atoms with Gasteiger partial charge in [0.2, 0.25) is 5.91 Å². The fraction of sp³-hybridized carbons (Fsp3) is 0.118. The first kappa shape index (κ1) is 19.3. The lowest BCUT2D eigenvalue weighted by Crippen LogP contribution is -2.35. The molecule has 26 heavy (non-hydrogen) atoms. The Bertz CT molecular complexity index is 822. The first-order valence-corrected chi connectivity index (χ1v) is 8.22. The summed E-state index contributed by atoms with van der Waals surface area (Å²) in [5.41, 5.74) is 0.0493. The lowest BCUT2D eigenvalue weighted by Gasteiger charge is -2.07. The number of ether oxygens (including phenoxy) is 1. The van der Waals surface area contributed by atoms with E-state index < -0.39 is 42.6 Å². The van der Waals surface area contributed by atoms with E-state index in [0.29, 0.717) is 0 Å². The number of carbonyl (C=O) groups is 3. The predicted octanol–water partition coefficient (Wildman–Crippen LogP) is 2.34. The van der Waals surface area contributed by atoms with Crippen LogP contribution in [-0.4, -0.2) is 30.9 Å². The Kier molecular flexibility index (Phi) is 6.98. The van der Waals surface area contributed by atoms with Gasteiger partial charge in [-0.1, -0.05) is 6.07 Å². The van der Waals surface area contributed by atoms with Gasteiger partial charge in [0.05, 0.1) is 6.54 Å². The van der Waals surface area contributed by atoms with E-state index in [1.165, 1.54) is 23.5 Å². The highest BCUT2D eigenvalue weighted by Crippen LogP contribution is 2.12. The molecule has 0 fully saturated rings. The minimum Gasteiger partial charge on any atom is -0.452 e. The summed E-state index contributed by atoms with van der Waals surface area (Å²) in [7, 11) is 0. The lowest BCUT2D eigenvalue weighted by atomic mass is 10.3. The van der Waals surface area contributed by atoms with Gasteiger partial charge in [-0.15, -0.1) is 11.3 Å². The lowest BCUT2D eigenvalue weighted by molar-refractivity contribution is -0.143. The van der Waals surface area contributed by atoms with Crippen LogP contribution in [0.5, 0.6) is 0 Å². The highest BCUT2D eigenvalue weighted by Gasteiger charge is 2.09. The maximum atomic E-state index is 13.0. The smallest absolute Gasteiger partial charge is 0.331 e. The Hall–Kier alpha value is -3.07. The van der Waals surface area contributed by atoms with E-state index in [4.69, 9.17) is 4.74 Å². The standard InChI is InChI=1S/C17H14F2N2O4S/c18-13-5-3-11(8-14(13)19)21-15(22)9-20-16(23)10-25-17(24)6-4-12-2-1-7-26-12/h1-8H,9-10H2,(H,20,23)(H,21,22)/b6-4+. The summed E-state index contributed by atoms with van der Waals surface area (Å²) in [6.07, 6.45) is 2.75. The normalized spacial score (nSPS) is 10.5. The van der Waals surface area contributed by atoms with Crippen LogP contribution in [0.2, 0.25) is 0 Å². The van der Waals surface area contributed by atoms with Crippen LogP contribution in [-0.2, 0) is 19.1 Å². The van der Waals surface area contributed by atoms with E-state index in [0.717, 1.165) is 17.0 Å². The van der Waals surface area contributed by atoms with Gasteiger partial charge in [-0.3, -0.25) is 9.59 Å². The van der Waals surface area contributed by atoms with Gasteiger partial charge in [0, 0.05) is 22.7 Å². The molecule has 1 aromatic heterocycles. The number of nitrogens with one attached hydrogen (secondary N) is 2. The molecular formula is C17H14F2N2O4S. The van der Waals surface area contributed by atoms with Crippen molar-refractivity contribution < 1.29 is 27.9 Å². The Labute approximate surface area is 151 Å². The number of esters is 1. The van der Waals surface area contributed by atoms with Crippen LogP contribution in [0, 0.1) is 11.6 Å². The van der Waals surface area contributed by atoms with Crippen molar-refractivity contribution >= 4 is 40.9 Å². The first-order valence-electron chi connectivity index (χ1n) is 7.34.